The van der Waals surface area contributed by atoms with Gasteiger partial charge in [0, 0.05) is 11.1 Å². The molecule has 0 bridgehead atoms. The molecule has 1 heterocycles. The summed E-state index contributed by atoms with van der Waals surface area (Å²) in [5.74, 6) is 1.13. The summed E-state index contributed by atoms with van der Waals surface area (Å²) in [5.41, 5.74) is 4.14. The molecule has 0 aliphatic rings. The van der Waals surface area contributed by atoms with Crippen molar-refractivity contribution in [2.45, 2.75) is 0 Å². The lowest BCUT2D eigenvalue weighted by molar-refractivity contribution is 1.07. The fraction of sp³-hybridized carbons (Fsp3) is 0. The van der Waals surface area contributed by atoms with Gasteiger partial charge in [0.15, 0.2) is 11.6 Å². The predicted molar refractivity (Wildman–Crippen MR) is 136 cm³/mol. The molecule has 0 aliphatic heterocycles. The Morgan fingerprint density at radius 3 is 2.03 bits per heavy atom. The van der Waals surface area contributed by atoms with Crippen LogP contribution in [0.15, 0.2) is 109 Å². The van der Waals surface area contributed by atoms with Crippen LogP contribution in [0.4, 0.5) is 0 Å². The molecule has 0 radical (unpaired) electrons. The summed E-state index contributed by atoms with van der Waals surface area (Å²) in [5, 5.41) is 4.68. The highest BCUT2D eigenvalue weighted by Crippen LogP contribution is 2.32. The first-order valence-electron chi connectivity index (χ1n) is 10.7. The van der Waals surface area contributed by atoms with Crippen LogP contribution in [0, 0.1) is 0 Å². The fourth-order valence-electron chi connectivity index (χ4n) is 4.21. The van der Waals surface area contributed by atoms with Gasteiger partial charge in [-0.05, 0) is 56.4 Å². The topological polar surface area (TPSA) is 38.7 Å². The minimum atomic E-state index is 0.180. The van der Waals surface area contributed by atoms with E-state index in [0.29, 0.717) is 11.6 Å². The van der Waals surface area contributed by atoms with Crippen LogP contribution in [0.5, 0.6) is 0 Å². The minimum Gasteiger partial charge on any atom is -0.208 e. The number of aromatic nitrogens is 3. The molecule has 0 amide bonds. The van der Waals surface area contributed by atoms with Crippen LogP contribution in [-0.4, -0.2) is 15.0 Å². The lowest BCUT2D eigenvalue weighted by Gasteiger charge is -2.10. The highest BCUT2D eigenvalue weighted by atomic mass is 35.5. The molecule has 3 nitrogen and oxygen atoms in total. The number of rotatable bonds is 3. The predicted octanol–water partition coefficient (Wildman–Crippen LogP) is 7.83. The van der Waals surface area contributed by atoms with Crippen LogP contribution >= 0.6 is 11.6 Å². The van der Waals surface area contributed by atoms with Gasteiger partial charge in [-0.3, -0.25) is 0 Å². The number of hydrogen-bond donors (Lipinski definition) is 0. The first-order chi connectivity index (χ1) is 16.2. The van der Waals surface area contributed by atoms with Crippen molar-refractivity contribution in [3.63, 3.8) is 0 Å². The molecule has 5 aromatic carbocycles. The van der Waals surface area contributed by atoms with Crippen molar-refractivity contribution < 1.29 is 0 Å². The van der Waals surface area contributed by atoms with Crippen molar-refractivity contribution in [1.82, 2.24) is 15.0 Å². The van der Waals surface area contributed by atoms with E-state index in [-0.39, 0.29) is 5.28 Å². The molecule has 4 heteroatoms. The zero-order valence-corrected chi connectivity index (χ0v) is 18.4. The van der Waals surface area contributed by atoms with Crippen LogP contribution in [0.1, 0.15) is 0 Å². The number of nitrogens with zero attached hydrogens (tertiary/aromatic N) is 3. The standard InChI is InChI=1S/C29H18ClN3/c30-29-32-27(24-16-13-20-9-4-5-10-22(20)17-24)31-28(33-29)25-12-6-11-21-14-15-23(18-26(21)25)19-7-2-1-3-8-19/h1-18H. The summed E-state index contributed by atoms with van der Waals surface area (Å²) in [4.78, 5) is 13.7. The van der Waals surface area contributed by atoms with Gasteiger partial charge in [-0.2, -0.15) is 9.97 Å². The van der Waals surface area contributed by atoms with Gasteiger partial charge in [0.05, 0.1) is 0 Å². The third-order valence-electron chi connectivity index (χ3n) is 5.85. The quantitative estimate of drug-likeness (QED) is 0.279. The Kier molecular flexibility index (Phi) is 4.82. The molecule has 6 aromatic rings. The Labute approximate surface area is 196 Å². The van der Waals surface area contributed by atoms with Gasteiger partial charge in [-0.1, -0.05) is 97.1 Å². The summed E-state index contributed by atoms with van der Waals surface area (Å²) < 4.78 is 0. The average Bonchev–Trinajstić information content (AvgIpc) is 2.88. The van der Waals surface area contributed by atoms with Crippen LogP contribution in [0.2, 0.25) is 5.28 Å². The maximum absolute atomic E-state index is 6.38. The molecule has 0 fully saturated rings. The van der Waals surface area contributed by atoms with Gasteiger partial charge in [-0.15, -0.1) is 0 Å². The molecule has 1 aromatic heterocycles. The van der Waals surface area contributed by atoms with E-state index >= 15 is 0 Å². The molecule has 0 aliphatic carbocycles. The highest BCUT2D eigenvalue weighted by molar-refractivity contribution is 6.28. The largest absolute Gasteiger partial charge is 0.226 e. The summed E-state index contributed by atoms with van der Waals surface area (Å²) >= 11 is 6.38. The molecule has 0 unspecified atom stereocenters. The molecule has 0 atom stereocenters. The second kappa shape index (κ2) is 8.12. The second-order valence-corrected chi connectivity index (χ2v) is 8.26. The summed E-state index contributed by atoms with van der Waals surface area (Å²) in [6, 6.07) is 37.4. The van der Waals surface area contributed by atoms with Crippen LogP contribution in [-0.2, 0) is 0 Å². The summed E-state index contributed by atoms with van der Waals surface area (Å²) in [7, 11) is 0. The Bertz CT molecular complexity index is 1630. The van der Waals surface area contributed by atoms with Crippen molar-refractivity contribution in [3.8, 4) is 33.9 Å². The molecular weight excluding hydrogens is 426 g/mol. The highest BCUT2D eigenvalue weighted by Gasteiger charge is 2.13. The van der Waals surface area contributed by atoms with Gasteiger partial charge in [0.1, 0.15) is 0 Å². The third-order valence-corrected chi connectivity index (χ3v) is 6.01. The molecule has 0 saturated carbocycles. The minimum absolute atomic E-state index is 0.180. The normalized spacial score (nSPS) is 11.2. The Morgan fingerprint density at radius 2 is 1.15 bits per heavy atom. The first kappa shape index (κ1) is 19.6. The lowest BCUT2D eigenvalue weighted by Crippen LogP contribution is -1.98. The van der Waals surface area contributed by atoms with E-state index in [0.717, 1.165) is 32.8 Å². The van der Waals surface area contributed by atoms with Gasteiger partial charge >= 0.3 is 0 Å². The van der Waals surface area contributed by atoms with Crippen molar-refractivity contribution in [3.05, 3.63) is 114 Å². The smallest absolute Gasteiger partial charge is 0.208 e. The number of fused-ring (bicyclic) bond motifs is 2. The molecule has 156 valence electrons. The Morgan fingerprint density at radius 1 is 0.455 bits per heavy atom. The monoisotopic (exact) mass is 443 g/mol. The third kappa shape index (κ3) is 3.73. The molecule has 0 spiro atoms. The Hall–Kier alpha value is -4.08. The van der Waals surface area contributed by atoms with Crippen molar-refractivity contribution in [1.29, 1.82) is 0 Å². The maximum atomic E-state index is 6.38. The van der Waals surface area contributed by atoms with Gasteiger partial charge in [-0.25, -0.2) is 4.98 Å². The van der Waals surface area contributed by atoms with E-state index in [2.05, 4.69) is 70.6 Å². The van der Waals surface area contributed by atoms with Gasteiger partial charge in [0.2, 0.25) is 5.28 Å². The van der Waals surface area contributed by atoms with E-state index in [1.165, 1.54) is 10.9 Å². The fourth-order valence-corrected chi connectivity index (χ4v) is 4.37. The van der Waals surface area contributed by atoms with Crippen LogP contribution < -0.4 is 0 Å². The van der Waals surface area contributed by atoms with Crippen molar-refractivity contribution in [2.75, 3.05) is 0 Å². The molecule has 0 N–H and O–H groups in total. The van der Waals surface area contributed by atoms with Crippen LogP contribution in [0.3, 0.4) is 0 Å². The lowest BCUT2D eigenvalue weighted by atomic mass is 9.98. The Balaban J connectivity index is 1.52. The molecule has 0 saturated heterocycles. The van der Waals surface area contributed by atoms with E-state index in [1.54, 1.807) is 0 Å². The molecular formula is C29H18ClN3. The maximum Gasteiger partial charge on any atom is 0.226 e. The zero-order chi connectivity index (χ0) is 22.2. The number of hydrogen-bond acceptors (Lipinski definition) is 3. The summed E-state index contributed by atoms with van der Waals surface area (Å²) in [6.45, 7) is 0. The zero-order valence-electron chi connectivity index (χ0n) is 17.6. The summed E-state index contributed by atoms with van der Waals surface area (Å²) in [6.07, 6.45) is 0. The SMILES string of the molecule is Clc1nc(-c2ccc3ccccc3c2)nc(-c2cccc3ccc(-c4ccccc4)cc23)n1. The van der Waals surface area contributed by atoms with E-state index in [4.69, 9.17) is 16.6 Å². The molecule has 6 rings (SSSR count). The average molecular weight is 444 g/mol. The van der Waals surface area contributed by atoms with E-state index in [9.17, 15) is 0 Å². The number of benzene rings is 5. The first-order valence-corrected chi connectivity index (χ1v) is 11.1. The van der Waals surface area contributed by atoms with Crippen LogP contribution in [0.25, 0.3) is 55.4 Å². The van der Waals surface area contributed by atoms with Crippen molar-refractivity contribution >= 4 is 33.1 Å². The number of halogens is 1. The van der Waals surface area contributed by atoms with Crippen molar-refractivity contribution in [2.24, 2.45) is 0 Å². The van der Waals surface area contributed by atoms with Gasteiger partial charge < -0.3 is 0 Å². The molecule has 33 heavy (non-hydrogen) atoms. The second-order valence-electron chi connectivity index (χ2n) is 7.92. The van der Waals surface area contributed by atoms with E-state index < -0.39 is 0 Å². The van der Waals surface area contributed by atoms with E-state index in [1.807, 2.05) is 48.5 Å². The van der Waals surface area contributed by atoms with Gasteiger partial charge in [0.25, 0.3) is 0 Å².